The van der Waals surface area contributed by atoms with E-state index in [4.69, 9.17) is 14.6 Å². The van der Waals surface area contributed by atoms with Crippen LogP contribution in [0.2, 0.25) is 0 Å². The van der Waals surface area contributed by atoms with Crippen molar-refractivity contribution in [3.63, 3.8) is 0 Å². The van der Waals surface area contributed by atoms with Crippen molar-refractivity contribution in [1.82, 2.24) is 4.90 Å². The predicted molar refractivity (Wildman–Crippen MR) is 163 cm³/mol. The molecule has 39 heavy (non-hydrogen) atoms. The number of nitrogens with zero attached hydrogens (tertiary/aromatic N) is 1. The molecule has 0 fully saturated rings. The highest BCUT2D eigenvalue weighted by Crippen LogP contribution is 2.20. The zero-order chi connectivity index (χ0) is 28.7. The Labute approximate surface area is 242 Å². The van der Waals surface area contributed by atoms with Gasteiger partial charge in [0.2, 0.25) is 0 Å². The van der Waals surface area contributed by atoms with E-state index in [2.05, 4.69) is 18.7 Å². The zero-order valence-electron chi connectivity index (χ0n) is 26.0. The van der Waals surface area contributed by atoms with E-state index in [1.165, 1.54) is 57.8 Å². The average molecular weight is 556 g/mol. The summed E-state index contributed by atoms with van der Waals surface area (Å²) in [6, 6.07) is 0. The molecule has 0 saturated carbocycles. The Morgan fingerprint density at radius 1 is 0.641 bits per heavy atom. The molecule has 0 heterocycles. The second kappa shape index (κ2) is 31.4. The lowest BCUT2D eigenvalue weighted by molar-refractivity contribution is -0.149. The van der Waals surface area contributed by atoms with Crippen molar-refractivity contribution in [1.29, 1.82) is 0 Å². The second-order valence-electron chi connectivity index (χ2n) is 11.3. The maximum atomic E-state index is 12.8. The minimum Gasteiger partial charge on any atom is -0.468 e. The Kier molecular flexibility index (Phi) is 30.5. The van der Waals surface area contributed by atoms with Crippen molar-refractivity contribution in [3.8, 4) is 0 Å². The lowest BCUT2D eigenvalue weighted by atomic mass is 9.94. The molecule has 0 radical (unpaired) electrons. The standard InChI is InChI=1S/C33H65NO5/c1-3-5-7-9-10-16-24-32(23-15-8-6-4-2)33(37)39-30-22-14-12-18-26-34(27-19-20-28-35)25-17-11-13-21-29-38-31-36/h31-32,35H,3-30H2,1-2H3. The lowest BCUT2D eigenvalue weighted by Gasteiger charge is -2.22. The van der Waals surface area contributed by atoms with Crippen LogP contribution in [0.15, 0.2) is 0 Å². The van der Waals surface area contributed by atoms with E-state index in [9.17, 15) is 9.59 Å². The fourth-order valence-electron chi connectivity index (χ4n) is 5.16. The fourth-order valence-corrected chi connectivity index (χ4v) is 5.16. The quantitative estimate of drug-likeness (QED) is 0.0512. The Morgan fingerprint density at radius 3 is 1.67 bits per heavy atom. The Morgan fingerprint density at radius 2 is 1.10 bits per heavy atom. The van der Waals surface area contributed by atoms with Crippen molar-refractivity contribution >= 4 is 12.4 Å². The van der Waals surface area contributed by atoms with Crippen LogP contribution < -0.4 is 0 Å². The monoisotopic (exact) mass is 555 g/mol. The first-order valence-corrected chi connectivity index (χ1v) is 16.7. The first-order chi connectivity index (χ1) is 19.2. The predicted octanol–water partition coefficient (Wildman–Crippen LogP) is 8.24. The Hall–Kier alpha value is -1.14. The Bertz CT molecular complexity index is 516. The van der Waals surface area contributed by atoms with Gasteiger partial charge in [-0.25, -0.2) is 0 Å². The van der Waals surface area contributed by atoms with Crippen LogP contribution in [0, 0.1) is 5.92 Å². The van der Waals surface area contributed by atoms with Crippen LogP contribution in [-0.4, -0.2) is 61.9 Å². The molecule has 1 atom stereocenters. The van der Waals surface area contributed by atoms with E-state index in [-0.39, 0.29) is 18.5 Å². The molecule has 0 spiro atoms. The summed E-state index contributed by atoms with van der Waals surface area (Å²) in [5.74, 6) is 0.144. The second-order valence-corrected chi connectivity index (χ2v) is 11.3. The summed E-state index contributed by atoms with van der Waals surface area (Å²) in [6.07, 6.45) is 25.1. The molecule has 0 bridgehead atoms. The van der Waals surface area contributed by atoms with Crippen molar-refractivity contribution < 1.29 is 24.2 Å². The molecule has 0 aliphatic rings. The topological polar surface area (TPSA) is 76.1 Å². The number of ether oxygens (including phenoxy) is 2. The molecule has 0 aromatic rings. The molecular formula is C33H65NO5. The molecule has 1 N–H and O–H groups in total. The van der Waals surface area contributed by atoms with Gasteiger partial charge in [0.1, 0.15) is 0 Å². The third kappa shape index (κ3) is 26.8. The van der Waals surface area contributed by atoms with Gasteiger partial charge in [0, 0.05) is 6.61 Å². The molecule has 0 aromatic carbocycles. The van der Waals surface area contributed by atoms with Crippen LogP contribution in [0.5, 0.6) is 0 Å². The van der Waals surface area contributed by atoms with Gasteiger partial charge in [-0.2, -0.15) is 0 Å². The van der Waals surface area contributed by atoms with E-state index >= 15 is 0 Å². The van der Waals surface area contributed by atoms with Gasteiger partial charge in [-0.3, -0.25) is 9.59 Å². The van der Waals surface area contributed by atoms with Gasteiger partial charge in [0.05, 0.1) is 19.1 Å². The zero-order valence-corrected chi connectivity index (χ0v) is 26.0. The number of rotatable bonds is 32. The number of esters is 1. The third-order valence-corrected chi connectivity index (χ3v) is 7.70. The SMILES string of the molecule is CCCCCCCCC(CCCCCC)C(=O)OCCCCCCN(CCCCO)CCCCCCOC=O. The minimum absolute atomic E-state index is 0.0489. The highest BCUT2D eigenvalue weighted by molar-refractivity contribution is 5.72. The first kappa shape index (κ1) is 37.9. The van der Waals surface area contributed by atoms with E-state index in [1.54, 1.807) is 0 Å². The molecule has 0 aliphatic heterocycles. The number of carbonyl (C=O) groups excluding carboxylic acids is 2. The van der Waals surface area contributed by atoms with Crippen molar-refractivity contribution in [2.45, 2.75) is 155 Å². The number of hydrogen-bond donors (Lipinski definition) is 1. The summed E-state index contributed by atoms with van der Waals surface area (Å²) in [5.41, 5.74) is 0. The molecule has 0 saturated heterocycles. The summed E-state index contributed by atoms with van der Waals surface area (Å²) in [4.78, 5) is 25.5. The number of aliphatic hydroxyl groups is 1. The van der Waals surface area contributed by atoms with Gasteiger partial charge in [-0.15, -0.1) is 0 Å². The van der Waals surface area contributed by atoms with Crippen LogP contribution in [0.1, 0.15) is 155 Å². The van der Waals surface area contributed by atoms with Gasteiger partial charge >= 0.3 is 5.97 Å². The molecule has 0 rings (SSSR count). The van der Waals surface area contributed by atoms with E-state index in [0.717, 1.165) is 103 Å². The summed E-state index contributed by atoms with van der Waals surface area (Å²) < 4.78 is 10.5. The van der Waals surface area contributed by atoms with E-state index < -0.39 is 0 Å². The van der Waals surface area contributed by atoms with Crippen LogP contribution in [0.4, 0.5) is 0 Å². The smallest absolute Gasteiger partial charge is 0.308 e. The van der Waals surface area contributed by atoms with Crippen molar-refractivity contribution in [2.75, 3.05) is 39.5 Å². The summed E-state index contributed by atoms with van der Waals surface area (Å²) in [5, 5.41) is 9.12. The van der Waals surface area contributed by atoms with Gasteiger partial charge in [0.15, 0.2) is 0 Å². The van der Waals surface area contributed by atoms with E-state index in [1.807, 2.05) is 0 Å². The van der Waals surface area contributed by atoms with Gasteiger partial charge in [0.25, 0.3) is 6.47 Å². The van der Waals surface area contributed by atoms with Crippen LogP contribution in [0.3, 0.4) is 0 Å². The first-order valence-electron chi connectivity index (χ1n) is 16.7. The molecule has 0 aliphatic carbocycles. The fraction of sp³-hybridized carbons (Fsp3) is 0.939. The summed E-state index contributed by atoms with van der Waals surface area (Å²) >= 11 is 0. The molecule has 232 valence electrons. The van der Waals surface area contributed by atoms with Crippen molar-refractivity contribution in [2.24, 2.45) is 5.92 Å². The molecule has 6 heteroatoms. The summed E-state index contributed by atoms with van der Waals surface area (Å²) in [7, 11) is 0. The number of aliphatic hydroxyl groups excluding tert-OH is 1. The largest absolute Gasteiger partial charge is 0.468 e. The van der Waals surface area contributed by atoms with Crippen LogP contribution >= 0.6 is 0 Å². The molecule has 6 nitrogen and oxygen atoms in total. The highest BCUT2D eigenvalue weighted by atomic mass is 16.5. The van der Waals surface area contributed by atoms with Gasteiger partial charge < -0.3 is 19.5 Å². The summed E-state index contributed by atoms with van der Waals surface area (Å²) in [6.45, 7) is 9.59. The number of unbranched alkanes of at least 4 members (excludes halogenated alkanes) is 15. The molecule has 1 unspecified atom stereocenters. The maximum absolute atomic E-state index is 12.8. The molecule has 0 aromatic heterocycles. The third-order valence-electron chi connectivity index (χ3n) is 7.70. The number of hydrogen-bond acceptors (Lipinski definition) is 6. The Balaban J connectivity index is 4.14. The van der Waals surface area contributed by atoms with Gasteiger partial charge in [-0.1, -0.05) is 104 Å². The van der Waals surface area contributed by atoms with Crippen LogP contribution in [-0.2, 0) is 19.1 Å². The molecular weight excluding hydrogens is 490 g/mol. The average Bonchev–Trinajstić information content (AvgIpc) is 2.94. The van der Waals surface area contributed by atoms with E-state index in [0.29, 0.717) is 19.7 Å². The van der Waals surface area contributed by atoms with Crippen LogP contribution in [0.25, 0.3) is 0 Å². The maximum Gasteiger partial charge on any atom is 0.308 e. The molecule has 0 amide bonds. The lowest BCUT2D eigenvalue weighted by Crippen LogP contribution is -2.27. The van der Waals surface area contributed by atoms with Gasteiger partial charge in [-0.05, 0) is 71.0 Å². The van der Waals surface area contributed by atoms with Crippen molar-refractivity contribution in [3.05, 3.63) is 0 Å². The highest BCUT2D eigenvalue weighted by Gasteiger charge is 2.19. The number of carbonyl (C=O) groups is 2. The normalized spacial score (nSPS) is 12.1. The minimum atomic E-state index is 0.0489.